The van der Waals surface area contributed by atoms with Gasteiger partial charge in [-0.3, -0.25) is 19.0 Å². The first-order valence-electron chi connectivity index (χ1n) is 13.4. The van der Waals surface area contributed by atoms with Gasteiger partial charge in [0.15, 0.2) is 0 Å². The summed E-state index contributed by atoms with van der Waals surface area (Å²) in [5.74, 6) is -1.12. The lowest BCUT2D eigenvalue weighted by Gasteiger charge is -2.24. The van der Waals surface area contributed by atoms with E-state index in [4.69, 9.17) is 10.2 Å². The second-order valence-corrected chi connectivity index (χ2v) is 10.8. The Hall–Kier alpha value is -2.64. The van der Waals surface area contributed by atoms with E-state index in [1.54, 1.807) is 0 Å². The molecule has 8 heteroatoms. The number of nitrogens with zero attached hydrogens (tertiary/aromatic N) is 4. The molecule has 2 aromatic rings. The Labute approximate surface area is 200 Å². The topological polar surface area (TPSA) is 93.8 Å². The van der Waals surface area contributed by atoms with Crippen LogP contribution in [0, 0.1) is 0 Å². The second-order valence-electron chi connectivity index (χ2n) is 10.8. The Kier molecular flexibility index (Phi) is 5.91. The number of nitrogens with one attached hydrogen (secondary N) is 2. The van der Waals surface area contributed by atoms with Crippen molar-refractivity contribution in [2.24, 2.45) is 0 Å². The fourth-order valence-corrected chi connectivity index (χ4v) is 6.57. The van der Waals surface area contributed by atoms with Crippen molar-refractivity contribution in [3.8, 4) is 0 Å². The standard InChI is InChI=1S/C26H36N6O2/c33-25(27-21-13-5-7-17-15-31(29-23(17)21)19-9-1-2-10-19)26(34)28-22-14-6-8-18-16-32(30-24(18)22)20-11-3-4-12-20/h15-16,19-22H,1-14H2,(H,27,33)(H,28,34). The molecular weight excluding hydrogens is 428 g/mol. The van der Waals surface area contributed by atoms with Gasteiger partial charge in [0.1, 0.15) is 0 Å². The minimum Gasteiger partial charge on any atom is -0.339 e. The van der Waals surface area contributed by atoms with Crippen molar-refractivity contribution in [2.45, 2.75) is 114 Å². The maximum atomic E-state index is 12.9. The summed E-state index contributed by atoms with van der Waals surface area (Å²) >= 11 is 0. The highest BCUT2D eigenvalue weighted by Crippen LogP contribution is 2.35. The molecule has 2 saturated carbocycles. The summed E-state index contributed by atoms with van der Waals surface area (Å²) in [4.78, 5) is 25.8. The first-order chi connectivity index (χ1) is 16.7. The zero-order chi connectivity index (χ0) is 23.1. The van der Waals surface area contributed by atoms with Gasteiger partial charge in [0.05, 0.1) is 35.6 Å². The fraction of sp³-hybridized carbons (Fsp3) is 0.692. The molecule has 34 heavy (non-hydrogen) atoms. The molecule has 2 unspecified atom stereocenters. The Bertz CT molecular complexity index is 975. The average molecular weight is 465 g/mol. The molecule has 2 aromatic heterocycles. The molecule has 0 bridgehead atoms. The van der Waals surface area contributed by atoms with Crippen molar-refractivity contribution < 1.29 is 9.59 Å². The number of rotatable bonds is 4. The lowest BCUT2D eigenvalue weighted by molar-refractivity contribution is -0.140. The van der Waals surface area contributed by atoms with Crippen LogP contribution in [0.1, 0.15) is 124 Å². The molecule has 0 saturated heterocycles. The molecule has 0 spiro atoms. The minimum atomic E-state index is -0.560. The SMILES string of the molecule is O=C(NC1CCCc2cn(C3CCCC3)nc21)C(=O)NC1CCCc2cn(C3CCCC3)nc21. The predicted molar refractivity (Wildman–Crippen MR) is 127 cm³/mol. The van der Waals surface area contributed by atoms with Gasteiger partial charge in [0.2, 0.25) is 0 Å². The summed E-state index contributed by atoms with van der Waals surface area (Å²) in [5.41, 5.74) is 4.35. The highest BCUT2D eigenvalue weighted by atomic mass is 16.2. The molecule has 2 fully saturated rings. The molecule has 4 aliphatic carbocycles. The first-order valence-corrected chi connectivity index (χ1v) is 13.4. The Morgan fingerprint density at radius 3 is 1.47 bits per heavy atom. The number of fused-ring (bicyclic) bond motifs is 2. The number of amides is 2. The van der Waals surface area contributed by atoms with E-state index in [1.165, 1.54) is 62.5 Å². The summed E-state index contributed by atoms with van der Waals surface area (Å²) in [6.07, 6.45) is 19.8. The molecule has 2 heterocycles. The van der Waals surface area contributed by atoms with Crippen LogP contribution < -0.4 is 10.6 Å². The van der Waals surface area contributed by atoms with Crippen LogP contribution in [-0.2, 0) is 22.4 Å². The van der Waals surface area contributed by atoms with Crippen LogP contribution in [0.3, 0.4) is 0 Å². The lowest BCUT2D eigenvalue weighted by atomic mass is 9.93. The summed E-state index contributed by atoms with van der Waals surface area (Å²) in [6.45, 7) is 0. The first kappa shape index (κ1) is 21.9. The van der Waals surface area contributed by atoms with Gasteiger partial charge in [0.25, 0.3) is 0 Å². The average Bonchev–Trinajstić information content (AvgIpc) is 3.64. The van der Waals surface area contributed by atoms with E-state index in [1.807, 2.05) is 0 Å². The van der Waals surface area contributed by atoms with Crippen molar-refractivity contribution in [2.75, 3.05) is 0 Å². The summed E-state index contributed by atoms with van der Waals surface area (Å²) in [5, 5.41) is 15.7. The zero-order valence-electron chi connectivity index (χ0n) is 20.0. The number of carbonyl (C=O) groups excluding carboxylic acids is 2. The largest absolute Gasteiger partial charge is 0.339 e. The third-order valence-electron chi connectivity index (χ3n) is 8.43. The zero-order valence-corrected chi connectivity index (χ0v) is 20.0. The van der Waals surface area contributed by atoms with Gasteiger partial charge in [-0.25, -0.2) is 0 Å². The van der Waals surface area contributed by atoms with Crippen LogP contribution in [0.4, 0.5) is 0 Å². The van der Waals surface area contributed by atoms with E-state index in [-0.39, 0.29) is 12.1 Å². The van der Waals surface area contributed by atoms with Gasteiger partial charge in [-0.15, -0.1) is 0 Å². The van der Waals surface area contributed by atoms with Crippen molar-refractivity contribution in [1.29, 1.82) is 0 Å². The van der Waals surface area contributed by atoms with Crippen LogP contribution in [0.25, 0.3) is 0 Å². The third-order valence-corrected chi connectivity index (χ3v) is 8.43. The van der Waals surface area contributed by atoms with E-state index in [2.05, 4.69) is 32.4 Å². The normalized spacial score (nSPS) is 25.2. The minimum absolute atomic E-state index is 0.187. The van der Waals surface area contributed by atoms with Crippen molar-refractivity contribution in [3.63, 3.8) is 0 Å². The molecule has 0 aliphatic heterocycles. The van der Waals surface area contributed by atoms with Gasteiger partial charge >= 0.3 is 11.8 Å². The third kappa shape index (κ3) is 4.16. The van der Waals surface area contributed by atoms with Gasteiger partial charge < -0.3 is 10.6 Å². The van der Waals surface area contributed by atoms with Crippen molar-refractivity contribution in [3.05, 3.63) is 34.9 Å². The number of aryl methyl sites for hydroxylation is 2. The summed E-state index contributed by atoms with van der Waals surface area (Å²) < 4.78 is 4.24. The highest BCUT2D eigenvalue weighted by Gasteiger charge is 2.32. The number of hydrogen-bond donors (Lipinski definition) is 2. The molecule has 0 radical (unpaired) electrons. The molecule has 182 valence electrons. The van der Waals surface area contributed by atoms with Crippen LogP contribution in [0.15, 0.2) is 12.4 Å². The quantitative estimate of drug-likeness (QED) is 0.669. The smallest absolute Gasteiger partial charge is 0.309 e. The van der Waals surface area contributed by atoms with Gasteiger partial charge in [0, 0.05) is 12.4 Å². The van der Waals surface area contributed by atoms with Crippen LogP contribution in [-0.4, -0.2) is 31.4 Å². The van der Waals surface area contributed by atoms with Gasteiger partial charge in [-0.1, -0.05) is 25.7 Å². The number of aromatic nitrogens is 4. The van der Waals surface area contributed by atoms with E-state index in [0.717, 1.165) is 49.9 Å². The Morgan fingerprint density at radius 2 is 1.06 bits per heavy atom. The van der Waals surface area contributed by atoms with E-state index in [9.17, 15) is 9.59 Å². The molecule has 2 N–H and O–H groups in total. The van der Waals surface area contributed by atoms with E-state index >= 15 is 0 Å². The maximum Gasteiger partial charge on any atom is 0.309 e. The monoisotopic (exact) mass is 464 g/mol. The van der Waals surface area contributed by atoms with E-state index in [0.29, 0.717) is 12.1 Å². The van der Waals surface area contributed by atoms with Crippen molar-refractivity contribution >= 4 is 11.8 Å². The fourth-order valence-electron chi connectivity index (χ4n) is 6.57. The second kappa shape index (κ2) is 9.19. The van der Waals surface area contributed by atoms with Crippen LogP contribution in [0.2, 0.25) is 0 Å². The van der Waals surface area contributed by atoms with Crippen molar-refractivity contribution in [1.82, 2.24) is 30.2 Å². The molecule has 2 amide bonds. The molecule has 6 rings (SSSR count). The molecule has 2 atom stereocenters. The number of carbonyl (C=O) groups is 2. The lowest BCUT2D eigenvalue weighted by Crippen LogP contribution is -2.44. The van der Waals surface area contributed by atoms with E-state index < -0.39 is 11.8 Å². The predicted octanol–water partition coefficient (Wildman–Crippen LogP) is 4.00. The van der Waals surface area contributed by atoms with Gasteiger partial charge in [-0.2, -0.15) is 10.2 Å². The summed E-state index contributed by atoms with van der Waals surface area (Å²) in [6, 6.07) is 0.589. The van der Waals surface area contributed by atoms with Gasteiger partial charge in [-0.05, 0) is 75.3 Å². The highest BCUT2D eigenvalue weighted by molar-refractivity contribution is 6.35. The molecule has 8 nitrogen and oxygen atoms in total. The summed E-state index contributed by atoms with van der Waals surface area (Å²) in [7, 11) is 0. The maximum absolute atomic E-state index is 12.9. The molecular formula is C26H36N6O2. The molecule has 0 aromatic carbocycles. The number of hydrogen-bond acceptors (Lipinski definition) is 4. The van der Waals surface area contributed by atoms with Crippen LogP contribution in [0.5, 0.6) is 0 Å². The Balaban J connectivity index is 1.12. The Morgan fingerprint density at radius 1 is 0.647 bits per heavy atom. The van der Waals surface area contributed by atoms with Crippen LogP contribution >= 0.6 is 0 Å². The molecule has 4 aliphatic rings.